The standard InChI is InChI=1S/C18H30N4O8/c1-3-9(2)14(18(29)30)22-17(28)12(8-23)21-16(27)11(7-13(24)25)20-15(26)10-5-4-6-19-10/h9-12,14,19,23H,3-8H2,1-2H3,(H,20,26)(H,21,27)(H,22,28)(H,24,25)(H,29,30). The fraction of sp³-hybridized carbons (Fsp3) is 0.722. The Morgan fingerprint density at radius 1 is 1.03 bits per heavy atom. The molecule has 0 radical (unpaired) electrons. The molecule has 0 bridgehead atoms. The highest BCUT2D eigenvalue weighted by atomic mass is 16.4. The van der Waals surface area contributed by atoms with Crippen molar-refractivity contribution in [1.29, 1.82) is 0 Å². The second-order valence-corrected chi connectivity index (χ2v) is 7.26. The third-order valence-electron chi connectivity index (χ3n) is 4.98. The number of hydrogen-bond acceptors (Lipinski definition) is 7. The summed E-state index contributed by atoms with van der Waals surface area (Å²) in [5.74, 6) is -5.46. The Bertz CT molecular complexity index is 650. The van der Waals surface area contributed by atoms with Crippen molar-refractivity contribution in [2.75, 3.05) is 13.2 Å². The SMILES string of the molecule is CCC(C)C(NC(=O)C(CO)NC(=O)C(CC(=O)O)NC(=O)C1CCCN1)C(=O)O. The fourth-order valence-electron chi connectivity index (χ4n) is 2.97. The van der Waals surface area contributed by atoms with E-state index in [1.807, 2.05) is 0 Å². The van der Waals surface area contributed by atoms with Gasteiger partial charge in [0, 0.05) is 0 Å². The fourth-order valence-corrected chi connectivity index (χ4v) is 2.97. The quantitative estimate of drug-likeness (QED) is 0.180. The van der Waals surface area contributed by atoms with Gasteiger partial charge in [0.25, 0.3) is 0 Å². The first-order valence-corrected chi connectivity index (χ1v) is 9.80. The first-order chi connectivity index (χ1) is 14.1. The number of aliphatic hydroxyl groups excluding tert-OH is 1. The number of aliphatic hydroxyl groups is 1. The molecule has 0 aromatic carbocycles. The van der Waals surface area contributed by atoms with Gasteiger partial charge in [-0.25, -0.2) is 4.79 Å². The third kappa shape index (κ3) is 7.59. The van der Waals surface area contributed by atoms with Gasteiger partial charge in [0.05, 0.1) is 19.1 Å². The molecule has 3 amide bonds. The zero-order valence-electron chi connectivity index (χ0n) is 17.0. The smallest absolute Gasteiger partial charge is 0.326 e. The summed E-state index contributed by atoms with van der Waals surface area (Å²) in [6.07, 6.45) is 1.05. The predicted molar refractivity (Wildman–Crippen MR) is 103 cm³/mol. The van der Waals surface area contributed by atoms with Gasteiger partial charge in [-0.1, -0.05) is 20.3 Å². The number of aliphatic carboxylic acids is 2. The lowest BCUT2D eigenvalue weighted by Gasteiger charge is -2.25. The van der Waals surface area contributed by atoms with E-state index in [1.54, 1.807) is 13.8 Å². The molecular weight excluding hydrogens is 400 g/mol. The summed E-state index contributed by atoms with van der Waals surface area (Å²) < 4.78 is 0. The highest BCUT2D eigenvalue weighted by Crippen LogP contribution is 2.09. The molecule has 5 unspecified atom stereocenters. The molecular formula is C18H30N4O8. The van der Waals surface area contributed by atoms with E-state index >= 15 is 0 Å². The summed E-state index contributed by atoms with van der Waals surface area (Å²) >= 11 is 0. The van der Waals surface area contributed by atoms with Gasteiger partial charge in [-0.05, 0) is 25.3 Å². The summed E-state index contributed by atoms with van der Waals surface area (Å²) in [4.78, 5) is 59.5. The van der Waals surface area contributed by atoms with Crippen molar-refractivity contribution in [2.24, 2.45) is 5.92 Å². The Kier molecular flexibility index (Phi) is 10.2. The lowest BCUT2D eigenvalue weighted by molar-refractivity contribution is -0.144. The van der Waals surface area contributed by atoms with Crippen LogP contribution in [-0.4, -0.2) is 82.3 Å². The van der Waals surface area contributed by atoms with E-state index in [1.165, 1.54) is 0 Å². The molecule has 1 saturated heterocycles. The van der Waals surface area contributed by atoms with Gasteiger partial charge in [0.2, 0.25) is 17.7 Å². The lowest BCUT2D eigenvalue weighted by Crippen LogP contribution is -2.59. The van der Waals surface area contributed by atoms with Crippen molar-refractivity contribution < 1.29 is 39.3 Å². The number of carboxylic acid groups (broad SMARTS) is 2. The van der Waals surface area contributed by atoms with Crippen molar-refractivity contribution in [1.82, 2.24) is 21.3 Å². The van der Waals surface area contributed by atoms with Gasteiger partial charge in [0.15, 0.2) is 0 Å². The average Bonchev–Trinajstić information content (AvgIpc) is 3.23. The van der Waals surface area contributed by atoms with Crippen LogP contribution in [0.4, 0.5) is 0 Å². The average molecular weight is 430 g/mol. The topological polar surface area (TPSA) is 194 Å². The number of amides is 3. The number of hydrogen-bond donors (Lipinski definition) is 7. The summed E-state index contributed by atoms with van der Waals surface area (Å²) in [6, 6.07) is -4.75. The van der Waals surface area contributed by atoms with E-state index in [0.29, 0.717) is 19.4 Å². The van der Waals surface area contributed by atoms with Crippen molar-refractivity contribution in [3.05, 3.63) is 0 Å². The molecule has 0 aliphatic carbocycles. The van der Waals surface area contributed by atoms with Crippen LogP contribution in [0.15, 0.2) is 0 Å². The Labute approximate surface area is 173 Å². The molecule has 30 heavy (non-hydrogen) atoms. The van der Waals surface area contributed by atoms with E-state index in [0.717, 1.165) is 6.42 Å². The first kappa shape index (κ1) is 25.3. The number of carbonyl (C=O) groups excluding carboxylic acids is 3. The van der Waals surface area contributed by atoms with Crippen LogP contribution < -0.4 is 21.3 Å². The number of carboxylic acids is 2. The van der Waals surface area contributed by atoms with Crippen molar-refractivity contribution >= 4 is 29.7 Å². The molecule has 7 N–H and O–H groups in total. The van der Waals surface area contributed by atoms with Crippen LogP contribution in [-0.2, 0) is 24.0 Å². The molecule has 1 rings (SSSR count). The number of nitrogens with one attached hydrogen (secondary N) is 4. The van der Waals surface area contributed by atoms with E-state index in [2.05, 4.69) is 21.3 Å². The highest BCUT2D eigenvalue weighted by Gasteiger charge is 2.33. The number of rotatable bonds is 12. The van der Waals surface area contributed by atoms with Gasteiger partial charge < -0.3 is 36.6 Å². The maximum Gasteiger partial charge on any atom is 0.326 e. The van der Waals surface area contributed by atoms with E-state index in [-0.39, 0.29) is 0 Å². The molecule has 1 aliphatic heterocycles. The van der Waals surface area contributed by atoms with E-state index < -0.39 is 72.8 Å². The van der Waals surface area contributed by atoms with Gasteiger partial charge in [0.1, 0.15) is 18.1 Å². The molecule has 12 heteroatoms. The molecule has 170 valence electrons. The second kappa shape index (κ2) is 12.1. The lowest BCUT2D eigenvalue weighted by atomic mass is 9.99. The van der Waals surface area contributed by atoms with Crippen molar-refractivity contribution in [3.8, 4) is 0 Å². The van der Waals surface area contributed by atoms with Crippen LogP contribution in [0.2, 0.25) is 0 Å². The minimum Gasteiger partial charge on any atom is -0.481 e. The summed E-state index contributed by atoms with van der Waals surface area (Å²) in [7, 11) is 0. The van der Waals surface area contributed by atoms with Gasteiger partial charge >= 0.3 is 11.9 Å². The first-order valence-electron chi connectivity index (χ1n) is 9.80. The molecule has 0 aromatic rings. The summed E-state index contributed by atoms with van der Waals surface area (Å²) in [6.45, 7) is 3.15. The molecule has 1 aliphatic rings. The Balaban J connectivity index is 2.82. The van der Waals surface area contributed by atoms with Crippen LogP contribution >= 0.6 is 0 Å². The Hall–Kier alpha value is -2.73. The van der Waals surface area contributed by atoms with Crippen LogP contribution in [0.3, 0.4) is 0 Å². The Morgan fingerprint density at radius 3 is 2.13 bits per heavy atom. The largest absolute Gasteiger partial charge is 0.481 e. The molecule has 1 heterocycles. The monoisotopic (exact) mass is 430 g/mol. The summed E-state index contributed by atoms with van der Waals surface area (Å²) in [5, 5.41) is 37.5. The molecule has 1 fully saturated rings. The predicted octanol–water partition coefficient (Wildman–Crippen LogP) is -2.21. The maximum absolute atomic E-state index is 12.5. The van der Waals surface area contributed by atoms with Gasteiger partial charge in [-0.3, -0.25) is 19.2 Å². The maximum atomic E-state index is 12.5. The van der Waals surface area contributed by atoms with Crippen molar-refractivity contribution in [3.63, 3.8) is 0 Å². The van der Waals surface area contributed by atoms with E-state index in [9.17, 15) is 34.2 Å². The molecule has 5 atom stereocenters. The zero-order chi connectivity index (χ0) is 22.8. The molecule has 0 aromatic heterocycles. The van der Waals surface area contributed by atoms with Crippen LogP contribution in [0.1, 0.15) is 39.5 Å². The summed E-state index contributed by atoms with van der Waals surface area (Å²) in [5.41, 5.74) is 0. The Morgan fingerprint density at radius 2 is 1.67 bits per heavy atom. The highest BCUT2D eigenvalue weighted by molar-refractivity contribution is 5.95. The third-order valence-corrected chi connectivity index (χ3v) is 4.98. The van der Waals surface area contributed by atoms with Crippen molar-refractivity contribution in [2.45, 2.75) is 63.7 Å². The van der Waals surface area contributed by atoms with Gasteiger partial charge in [-0.15, -0.1) is 0 Å². The molecule has 0 saturated carbocycles. The zero-order valence-corrected chi connectivity index (χ0v) is 17.0. The second-order valence-electron chi connectivity index (χ2n) is 7.26. The minimum absolute atomic E-state index is 0.403. The van der Waals surface area contributed by atoms with Crippen LogP contribution in [0.5, 0.6) is 0 Å². The van der Waals surface area contributed by atoms with Crippen LogP contribution in [0, 0.1) is 5.92 Å². The molecule has 0 spiro atoms. The van der Waals surface area contributed by atoms with Gasteiger partial charge in [-0.2, -0.15) is 0 Å². The number of carbonyl (C=O) groups is 5. The van der Waals surface area contributed by atoms with Crippen LogP contribution in [0.25, 0.3) is 0 Å². The molecule has 12 nitrogen and oxygen atoms in total. The van der Waals surface area contributed by atoms with E-state index in [4.69, 9.17) is 5.11 Å². The minimum atomic E-state index is -1.51. The normalized spacial score (nSPS) is 19.8.